The molecule has 0 fully saturated rings. The Morgan fingerprint density at radius 2 is 1.84 bits per heavy atom. The molecular formula is C24H26FN3O4. The van der Waals surface area contributed by atoms with Crippen molar-refractivity contribution < 1.29 is 23.5 Å². The van der Waals surface area contributed by atoms with Gasteiger partial charge >= 0.3 is 11.8 Å². The average Bonchev–Trinajstić information content (AvgIpc) is 2.79. The molecule has 3 amide bonds. The summed E-state index contributed by atoms with van der Waals surface area (Å²) in [6.07, 6.45) is 2.73. The predicted octanol–water partition coefficient (Wildman–Crippen LogP) is 2.67. The Balaban J connectivity index is 1.45. The third kappa shape index (κ3) is 4.10. The molecule has 0 aromatic heterocycles. The molecule has 2 aliphatic rings. The van der Waals surface area contributed by atoms with Crippen LogP contribution in [-0.4, -0.2) is 37.9 Å². The number of hydrogen-bond donors (Lipinski definition) is 2. The fraction of sp³-hybridized carbons (Fsp3) is 0.375. The number of amides is 3. The number of halogens is 1. The number of rotatable bonds is 5. The summed E-state index contributed by atoms with van der Waals surface area (Å²) in [5.74, 6) is -1.98. The van der Waals surface area contributed by atoms with Crippen molar-refractivity contribution in [3.63, 3.8) is 0 Å². The van der Waals surface area contributed by atoms with E-state index in [9.17, 15) is 18.8 Å². The van der Waals surface area contributed by atoms with Gasteiger partial charge in [0.05, 0.1) is 12.2 Å². The van der Waals surface area contributed by atoms with Gasteiger partial charge in [0.25, 0.3) is 0 Å². The van der Waals surface area contributed by atoms with Gasteiger partial charge in [-0.25, -0.2) is 4.39 Å². The van der Waals surface area contributed by atoms with Gasteiger partial charge in [-0.2, -0.15) is 0 Å². The zero-order chi connectivity index (χ0) is 22.9. The van der Waals surface area contributed by atoms with Gasteiger partial charge in [-0.15, -0.1) is 0 Å². The molecule has 0 bridgehead atoms. The van der Waals surface area contributed by atoms with Crippen LogP contribution in [0.3, 0.4) is 0 Å². The first-order chi connectivity index (χ1) is 15.3. The van der Waals surface area contributed by atoms with Gasteiger partial charge in [0.15, 0.2) is 0 Å². The van der Waals surface area contributed by atoms with E-state index >= 15 is 0 Å². The Morgan fingerprint density at radius 3 is 2.56 bits per heavy atom. The summed E-state index contributed by atoms with van der Waals surface area (Å²) < 4.78 is 19.7. The lowest BCUT2D eigenvalue weighted by Gasteiger charge is -2.35. The Bertz CT molecular complexity index is 1070. The summed E-state index contributed by atoms with van der Waals surface area (Å²) in [4.78, 5) is 39.0. The van der Waals surface area contributed by atoms with Crippen molar-refractivity contribution in [2.45, 2.75) is 38.2 Å². The Hall–Kier alpha value is -3.26. The molecule has 0 aliphatic carbocycles. The Morgan fingerprint density at radius 1 is 1.12 bits per heavy atom. The van der Waals surface area contributed by atoms with Crippen LogP contribution in [0, 0.1) is 5.82 Å². The third-order valence-electron chi connectivity index (χ3n) is 6.22. The Labute approximate surface area is 185 Å². The lowest BCUT2D eigenvalue weighted by molar-refractivity contribution is -0.137. The SMILES string of the molecule is CO[C@](C)(CNC(=O)C(=O)Nc1cc2c3c(c1)CCC(=O)N3CCC2)c1ccccc1F. The molecule has 2 N–H and O–H groups in total. The van der Waals surface area contributed by atoms with E-state index in [2.05, 4.69) is 10.6 Å². The highest BCUT2D eigenvalue weighted by Gasteiger charge is 2.32. The summed E-state index contributed by atoms with van der Waals surface area (Å²) in [5.41, 5.74) is 2.64. The van der Waals surface area contributed by atoms with Gasteiger partial charge in [-0.1, -0.05) is 18.2 Å². The monoisotopic (exact) mass is 439 g/mol. The van der Waals surface area contributed by atoms with Gasteiger partial charge in [0.1, 0.15) is 11.4 Å². The summed E-state index contributed by atoms with van der Waals surface area (Å²) >= 11 is 0. The molecule has 2 aromatic carbocycles. The van der Waals surface area contributed by atoms with E-state index in [-0.39, 0.29) is 18.0 Å². The highest BCUT2D eigenvalue weighted by atomic mass is 19.1. The Kier molecular flexibility index (Phi) is 5.97. The fourth-order valence-corrected chi connectivity index (χ4v) is 4.41. The van der Waals surface area contributed by atoms with Crippen LogP contribution in [0.4, 0.5) is 15.8 Å². The number of hydrogen-bond acceptors (Lipinski definition) is 4. The van der Waals surface area contributed by atoms with Crippen molar-refractivity contribution in [2.24, 2.45) is 0 Å². The van der Waals surface area contributed by atoms with E-state index in [1.165, 1.54) is 13.2 Å². The fourth-order valence-electron chi connectivity index (χ4n) is 4.41. The number of anilines is 2. The maximum absolute atomic E-state index is 14.2. The van der Waals surface area contributed by atoms with Crippen LogP contribution in [0.15, 0.2) is 36.4 Å². The molecule has 0 radical (unpaired) electrons. The third-order valence-corrected chi connectivity index (χ3v) is 6.22. The van der Waals surface area contributed by atoms with Gasteiger partial charge in [-0.3, -0.25) is 14.4 Å². The van der Waals surface area contributed by atoms with Crippen LogP contribution in [0.2, 0.25) is 0 Å². The maximum atomic E-state index is 14.2. The molecule has 4 rings (SSSR count). The minimum atomic E-state index is -1.13. The summed E-state index contributed by atoms with van der Waals surface area (Å²) in [6.45, 7) is 2.28. The first-order valence-electron chi connectivity index (χ1n) is 10.7. The second-order valence-corrected chi connectivity index (χ2v) is 8.34. The topological polar surface area (TPSA) is 87.7 Å². The second kappa shape index (κ2) is 8.70. The first-order valence-corrected chi connectivity index (χ1v) is 10.7. The quantitative estimate of drug-likeness (QED) is 0.702. The van der Waals surface area contributed by atoms with Crippen molar-refractivity contribution in [3.05, 3.63) is 58.9 Å². The molecule has 0 spiro atoms. The van der Waals surface area contributed by atoms with Crippen molar-refractivity contribution in [1.82, 2.24) is 5.32 Å². The average molecular weight is 439 g/mol. The molecule has 7 nitrogen and oxygen atoms in total. The number of methoxy groups -OCH3 is 1. The van der Waals surface area contributed by atoms with Gasteiger partial charge in [0, 0.05) is 31.3 Å². The molecule has 32 heavy (non-hydrogen) atoms. The largest absolute Gasteiger partial charge is 0.372 e. The zero-order valence-electron chi connectivity index (χ0n) is 18.2. The molecule has 168 valence electrons. The predicted molar refractivity (Wildman–Crippen MR) is 118 cm³/mol. The molecule has 2 aliphatic heterocycles. The van der Waals surface area contributed by atoms with E-state index in [1.54, 1.807) is 25.1 Å². The van der Waals surface area contributed by atoms with Crippen molar-refractivity contribution in [2.75, 3.05) is 30.4 Å². The standard InChI is InChI=1S/C24H26FN3O4/c1-24(32-2,18-7-3-4-8-19(18)25)14-26-22(30)23(31)27-17-12-15-6-5-11-28-20(29)10-9-16(13-17)21(15)28/h3-4,7-8,12-13H,5-6,9-11,14H2,1-2H3,(H,26,30)(H,27,31)/t24-/m1/s1. The zero-order valence-corrected chi connectivity index (χ0v) is 18.2. The first kappa shape index (κ1) is 22.0. The van der Waals surface area contributed by atoms with E-state index in [1.807, 2.05) is 17.0 Å². The number of ether oxygens (including phenoxy) is 1. The summed E-state index contributed by atoms with van der Waals surface area (Å²) in [6, 6.07) is 9.81. The second-order valence-electron chi connectivity index (χ2n) is 8.34. The van der Waals surface area contributed by atoms with Gasteiger partial charge in [-0.05, 0) is 55.5 Å². The summed E-state index contributed by atoms with van der Waals surface area (Å²) in [5, 5.41) is 5.19. The van der Waals surface area contributed by atoms with E-state index in [4.69, 9.17) is 4.74 Å². The van der Waals surface area contributed by atoms with Gasteiger partial charge < -0.3 is 20.3 Å². The van der Waals surface area contributed by atoms with Crippen molar-refractivity contribution >= 4 is 29.1 Å². The minimum Gasteiger partial charge on any atom is -0.372 e. The number of nitrogens with zero attached hydrogens (tertiary/aromatic N) is 1. The number of aryl methyl sites for hydroxylation is 2. The van der Waals surface area contributed by atoms with Crippen LogP contribution in [0.25, 0.3) is 0 Å². The van der Waals surface area contributed by atoms with E-state index < -0.39 is 23.2 Å². The van der Waals surface area contributed by atoms with Crippen LogP contribution >= 0.6 is 0 Å². The molecule has 2 heterocycles. The lowest BCUT2D eigenvalue weighted by atomic mass is 9.91. The smallest absolute Gasteiger partial charge is 0.313 e. The minimum absolute atomic E-state index is 0.0802. The molecule has 0 unspecified atom stereocenters. The highest BCUT2D eigenvalue weighted by Crippen LogP contribution is 2.37. The van der Waals surface area contributed by atoms with E-state index in [0.717, 1.165) is 29.7 Å². The number of benzene rings is 2. The van der Waals surface area contributed by atoms with Gasteiger partial charge in [0.2, 0.25) is 5.91 Å². The molecule has 0 saturated carbocycles. The lowest BCUT2D eigenvalue weighted by Crippen LogP contribution is -2.44. The molecule has 0 saturated heterocycles. The normalized spacial score (nSPS) is 16.7. The van der Waals surface area contributed by atoms with Crippen LogP contribution in [-0.2, 0) is 37.6 Å². The van der Waals surface area contributed by atoms with E-state index in [0.29, 0.717) is 25.1 Å². The highest BCUT2D eigenvalue weighted by molar-refractivity contribution is 6.39. The van der Waals surface area contributed by atoms with Crippen molar-refractivity contribution in [3.8, 4) is 0 Å². The molecular weight excluding hydrogens is 413 g/mol. The number of carbonyl (C=O) groups is 3. The number of carbonyl (C=O) groups excluding carboxylic acids is 3. The van der Waals surface area contributed by atoms with Crippen LogP contribution in [0.1, 0.15) is 36.5 Å². The molecule has 8 heteroatoms. The van der Waals surface area contributed by atoms with Crippen LogP contribution in [0.5, 0.6) is 0 Å². The summed E-state index contributed by atoms with van der Waals surface area (Å²) in [7, 11) is 1.42. The molecule has 1 atom stereocenters. The molecule has 2 aromatic rings. The van der Waals surface area contributed by atoms with Crippen LogP contribution < -0.4 is 15.5 Å². The number of nitrogens with one attached hydrogen (secondary N) is 2. The maximum Gasteiger partial charge on any atom is 0.313 e. The van der Waals surface area contributed by atoms with Crippen molar-refractivity contribution in [1.29, 1.82) is 0 Å².